The first-order chi connectivity index (χ1) is 24.3. The normalized spacial score (nSPS) is 17.6. The van der Waals surface area contributed by atoms with Gasteiger partial charge in [0.2, 0.25) is 0 Å². The Bertz CT molecular complexity index is 1560. The number of hydrogen-bond acceptors (Lipinski definition) is 2. The van der Waals surface area contributed by atoms with Gasteiger partial charge in [-0.05, 0) is 6.92 Å². The number of carbonyl (C=O) groups excluding carboxylic acids is 1. The summed E-state index contributed by atoms with van der Waals surface area (Å²) >= 11 is 0. The van der Waals surface area contributed by atoms with Crippen LogP contribution in [0.1, 0.15) is 6.92 Å². The van der Waals surface area contributed by atoms with Crippen LogP contribution in [-0.4, -0.2) is 107 Å². The lowest BCUT2D eigenvalue weighted by Gasteiger charge is -2.48. The lowest BCUT2D eigenvalue weighted by atomic mass is 9.82. The Hall–Kier alpha value is -3.24. The molecular weight excluding hydrogens is 949 g/mol. The minimum Gasteiger partial charge on any atom is -0.413 e. The van der Waals surface area contributed by atoms with E-state index in [-0.39, 0.29) is 6.92 Å². The molecule has 2 nitrogen and oxygen atoms in total. The smallest absolute Gasteiger partial charge is 0.413 e. The molecule has 0 fully saturated rings. The zero-order chi connectivity index (χ0) is 48.4. The van der Waals surface area contributed by atoms with Crippen LogP contribution in [0, 0.1) is 0 Å². The Kier molecular flexibility index (Phi) is 12.6. The number of esters is 1. The fourth-order valence-corrected chi connectivity index (χ4v) is 3.27. The molecule has 0 aromatic heterocycles. The first kappa shape index (κ1) is 54.8. The van der Waals surface area contributed by atoms with Crippen LogP contribution in [0.4, 0.5) is 154 Å². The highest BCUT2D eigenvalue weighted by Crippen LogP contribution is 2.70. The van der Waals surface area contributed by atoms with Crippen molar-refractivity contribution in [2.24, 2.45) is 0 Å². The second-order valence-electron chi connectivity index (χ2n) is 10.8. The molecule has 0 heterocycles. The van der Waals surface area contributed by atoms with Gasteiger partial charge < -0.3 is 4.74 Å². The SMILES string of the molecule is C=C(C)C(=O)OC(F)(C(F)(F)C(F)(F)C(F)(F)C(F)(F)F)C(F)(F)C(F)(F)C(F)(F)C(F)(F)C(F)(F)C(F)(F)C(F)(F)C(F)(F)C(F)(F)C(F)(F)C(F)(F)C(F)(F)F. The van der Waals surface area contributed by atoms with Crippen LogP contribution in [0.3, 0.4) is 0 Å². The van der Waals surface area contributed by atoms with Gasteiger partial charge in [-0.3, -0.25) is 0 Å². The van der Waals surface area contributed by atoms with E-state index in [1.807, 2.05) is 6.58 Å². The Labute approximate surface area is 290 Å². The molecular formula is C21H5F35O2. The van der Waals surface area contributed by atoms with E-state index in [9.17, 15) is 154 Å². The molecule has 0 saturated heterocycles. The van der Waals surface area contributed by atoms with E-state index in [4.69, 9.17) is 0 Å². The molecule has 58 heavy (non-hydrogen) atoms. The van der Waals surface area contributed by atoms with Crippen LogP contribution < -0.4 is 0 Å². The van der Waals surface area contributed by atoms with Gasteiger partial charge in [0.1, 0.15) is 0 Å². The maximum atomic E-state index is 15.0. The summed E-state index contributed by atoms with van der Waals surface area (Å²) in [7, 11) is 0. The van der Waals surface area contributed by atoms with Crippen LogP contribution in [0.5, 0.6) is 0 Å². The van der Waals surface area contributed by atoms with Gasteiger partial charge in [-0.15, -0.1) is 0 Å². The Balaban J connectivity index is 8.26. The van der Waals surface area contributed by atoms with E-state index >= 15 is 4.39 Å². The van der Waals surface area contributed by atoms with Crippen LogP contribution in [-0.2, 0) is 9.53 Å². The topological polar surface area (TPSA) is 26.3 Å². The zero-order valence-corrected chi connectivity index (χ0v) is 25.3. The summed E-state index contributed by atoms with van der Waals surface area (Å²) in [5.41, 5.74) is -2.30. The molecule has 1 atom stereocenters. The highest BCUT2D eigenvalue weighted by molar-refractivity contribution is 5.87. The first-order valence-electron chi connectivity index (χ1n) is 12.3. The van der Waals surface area contributed by atoms with Gasteiger partial charge in [0.25, 0.3) is 0 Å². The zero-order valence-electron chi connectivity index (χ0n) is 25.3. The van der Waals surface area contributed by atoms with Gasteiger partial charge in [-0.2, -0.15) is 154 Å². The highest BCUT2D eigenvalue weighted by Gasteiger charge is 3.02. The predicted molar refractivity (Wildman–Crippen MR) is 106 cm³/mol. The number of ether oxygens (including phenoxy) is 1. The Morgan fingerprint density at radius 3 is 0.586 bits per heavy atom. The largest absolute Gasteiger partial charge is 0.460 e. The second kappa shape index (κ2) is 13.4. The molecule has 0 spiro atoms. The molecule has 0 radical (unpaired) electrons. The fraction of sp³-hybridized carbons (Fsp3) is 0.857. The monoisotopic (exact) mass is 954 g/mol. The molecule has 0 aliphatic rings. The summed E-state index contributed by atoms with van der Waals surface area (Å²) in [4.78, 5) is 11.3. The van der Waals surface area contributed by atoms with Crippen molar-refractivity contribution >= 4 is 5.97 Å². The molecule has 37 heteroatoms. The van der Waals surface area contributed by atoms with Gasteiger partial charge >= 0.3 is 107 Å². The van der Waals surface area contributed by atoms with Crippen molar-refractivity contribution in [1.29, 1.82) is 0 Å². The van der Waals surface area contributed by atoms with Crippen molar-refractivity contribution in [3.05, 3.63) is 12.2 Å². The molecule has 0 aliphatic carbocycles. The number of carbonyl (C=O) groups is 1. The number of rotatable bonds is 16. The van der Waals surface area contributed by atoms with Crippen molar-refractivity contribution in [1.82, 2.24) is 0 Å². The third-order valence-corrected chi connectivity index (χ3v) is 6.83. The third kappa shape index (κ3) is 6.30. The second-order valence-corrected chi connectivity index (χ2v) is 10.8. The summed E-state index contributed by atoms with van der Waals surface area (Å²) in [6.07, 6.45) is -16.9. The standard InChI is InChI=1S/C21H5F35O2/c1-3(2)4(57)58-19(50,16(44,45)14(40,41)18(48,49)21(54,55)56)15(42,43)12(36,37)10(32,33)8(28,29)6(24,25)5(22,23)7(26,27)9(30,31)11(34,35)13(38,39)17(46,47)20(51,52)53/h1H2,2H3. The number of halogens is 35. The quantitative estimate of drug-likeness (QED) is 0.0875. The minimum atomic E-state index is -10.4. The van der Waals surface area contributed by atoms with Crippen molar-refractivity contribution in [2.45, 2.75) is 108 Å². The van der Waals surface area contributed by atoms with Gasteiger partial charge in [0.05, 0.1) is 0 Å². The van der Waals surface area contributed by atoms with E-state index in [2.05, 4.69) is 0 Å². The third-order valence-electron chi connectivity index (χ3n) is 6.83. The molecule has 1 unspecified atom stereocenters. The van der Waals surface area contributed by atoms with Crippen LogP contribution in [0.2, 0.25) is 0 Å². The molecule has 0 aromatic carbocycles. The van der Waals surface area contributed by atoms with E-state index in [1.165, 1.54) is 0 Å². The van der Waals surface area contributed by atoms with Crippen LogP contribution >= 0.6 is 0 Å². The molecule has 0 N–H and O–H groups in total. The van der Waals surface area contributed by atoms with Crippen molar-refractivity contribution in [2.75, 3.05) is 0 Å². The summed E-state index contributed by atoms with van der Waals surface area (Å²) < 4.78 is 478. The molecule has 346 valence electrons. The maximum absolute atomic E-state index is 15.0. The van der Waals surface area contributed by atoms with Crippen molar-refractivity contribution in [3.63, 3.8) is 0 Å². The van der Waals surface area contributed by atoms with Gasteiger partial charge in [0, 0.05) is 5.57 Å². The maximum Gasteiger partial charge on any atom is 0.460 e. The summed E-state index contributed by atoms with van der Waals surface area (Å²) in [6.45, 7) is 1.59. The first-order valence-corrected chi connectivity index (χ1v) is 12.3. The Morgan fingerprint density at radius 2 is 0.431 bits per heavy atom. The van der Waals surface area contributed by atoms with Crippen LogP contribution in [0.25, 0.3) is 0 Å². The Morgan fingerprint density at radius 1 is 0.293 bits per heavy atom. The molecule has 0 rings (SSSR count). The molecule has 0 amide bonds. The highest BCUT2D eigenvalue weighted by atomic mass is 19.4. The van der Waals surface area contributed by atoms with E-state index < -0.39 is 113 Å². The lowest BCUT2D eigenvalue weighted by molar-refractivity contribution is -0.499. The van der Waals surface area contributed by atoms with Gasteiger partial charge in [0.15, 0.2) is 0 Å². The van der Waals surface area contributed by atoms with E-state index in [0.29, 0.717) is 0 Å². The van der Waals surface area contributed by atoms with Crippen molar-refractivity contribution in [3.8, 4) is 0 Å². The van der Waals surface area contributed by atoms with E-state index in [1.54, 1.807) is 4.74 Å². The molecule has 0 aromatic rings. The summed E-state index contributed by atoms with van der Waals surface area (Å²) in [5.74, 6) is -151. The van der Waals surface area contributed by atoms with E-state index in [0.717, 1.165) is 0 Å². The van der Waals surface area contributed by atoms with Gasteiger partial charge in [-0.25, -0.2) is 4.79 Å². The summed E-state index contributed by atoms with van der Waals surface area (Å²) in [6, 6.07) is 0. The predicted octanol–water partition coefficient (Wildman–Crippen LogP) is 11.8. The van der Waals surface area contributed by atoms with Crippen LogP contribution in [0.15, 0.2) is 12.2 Å². The summed E-state index contributed by atoms with van der Waals surface area (Å²) in [5, 5.41) is 0. The molecule has 0 bridgehead atoms. The fourth-order valence-electron chi connectivity index (χ4n) is 3.27. The average molecular weight is 954 g/mol. The van der Waals surface area contributed by atoms with Crippen molar-refractivity contribution < 1.29 is 163 Å². The minimum absolute atomic E-state index is 0.357. The number of alkyl halides is 35. The molecule has 0 saturated carbocycles. The average Bonchev–Trinajstić information content (AvgIpc) is 2.98. The molecule has 0 aliphatic heterocycles. The van der Waals surface area contributed by atoms with Gasteiger partial charge in [-0.1, -0.05) is 6.58 Å². The number of hydrogen-bond donors (Lipinski definition) is 0. The lowest BCUT2D eigenvalue weighted by Crippen LogP contribution is -2.81.